The van der Waals surface area contributed by atoms with E-state index in [9.17, 15) is 31.2 Å². The van der Waals surface area contributed by atoms with Crippen molar-refractivity contribution in [2.75, 3.05) is 24.2 Å². The van der Waals surface area contributed by atoms with Crippen LogP contribution in [0.25, 0.3) is 0 Å². The van der Waals surface area contributed by atoms with Crippen molar-refractivity contribution < 1.29 is 35.9 Å². The van der Waals surface area contributed by atoms with Crippen molar-refractivity contribution in [1.82, 2.24) is 10.2 Å². The van der Waals surface area contributed by atoms with E-state index in [1.807, 2.05) is 0 Å². The Morgan fingerprint density at radius 1 is 1.05 bits per heavy atom. The van der Waals surface area contributed by atoms with Crippen LogP contribution in [0.3, 0.4) is 0 Å². The molecule has 0 fully saturated rings. The van der Waals surface area contributed by atoms with Gasteiger partial charge in [-0.15, -0.1) is 0 Å². The van der Waals surface area contributed by atoms with E-state index in [1.54, 1.807) is 45.0 Å². The number of carbonyl (C=O) groups excluding carboxylic acids is 2. The first kappa shape index (κ1) is 30.9. The van der Waals surface area contributed by atoms with E-state index in [-0.39, 0.29) is 43.6 Å². The normalized spacial score (nSPS) is 12.7. The van der Waals surface area contributed by atoms with Crippen molar-refractivity contribution in [3.63, 3.8) is 0 Å². The summed E-state index contributed by atoms with van der Waals surface area (Å²) >= 11 is 0. The third-order valence-corrected chi connectivity index (χ3v) is 6.92. The van der Waals surface area contributed by atoms with Crippen molar-refractivity contribution in [1.29, 1.82) is 0 Å². The van der Waals surface area contributed by atoms with Crippen LogP contribution in [-0.2, 0) is 32.3 Å². The minimum Gasteiger partial charge on any atom is -0.497 e. The number of halogens is 3. The van der Waals surface area contributed by atoms with Crippen LogP contribution in [0.1, 0.15) is 44.7 Å². The fourth-order valence-corrected chi connectivity index (χ4v) is 4.71. The van der Waals surface area contributed by atoms with Crippen LogP contribution < -0.4 is 14.4 Å². The topological polar surface area (TPSA) is 96.0 Å². The van der Waals surface area contributed by atoms with E-state index in [4.69, 9.17) is 4.74 Å². The van der Waals surface area contributed by atoms with Crippen LogP contribution >= 0.6 is 0 Å². The zero-order valence-electron chi connectivity index (χ0n) is 22.1. The van der Waals surface area contributed by atoms with Gasteiger partial charge in [-0.05, 0) is 63.1 Å². The molecule has 0 saturated heterocycles. The summed E-state index contributed by atoms with van der Waals surface area (Å²) in [5.41, 5.74) is -0.366. The van der Waals surface area contributed by atoms with E-state index in [0.717, 1.165) is 34.3 Å². The zero-order valence-corrected chi connectivity index (χ0v) is 22.9. The highest BCUT2D eigenvalue weighted by Gasteiger charge is 2.32. The number of benzene rings is 2. The van der Waals surface area contributed by atoms with E-state index < -0.39 is 33.7 Å². The summed E-state index contributed by atoms with van der Waals surface area (Å²) in [7, 11) is -2.40. The minimum absolute atomic E-state index is 0.0276. The third kappa shape index (κ3) is 8.93. The third-order valence-electron chi connectivity index (χ3n) is 5.72. The van der Waals surface area contributed by atoms with E-state index in [0.29, 0.717) is 5.75 Å². The predicted molar refractivity (Wildman–Crippen MR) is 139 cm³/mol. The summed E-state index contributed by atoms with van der Waals surface area (Å²) in [6.07, 6.45) is -3.84. The van der Waals surface area contributed by atoms with Crippen LogP contribution in [0.15, 0.2) is 48.5 Å². The smallest absolute Gasteiger partial charge is 0.416 e. The Morgan fingerprint density at radius 3 is 2.21 bits per heavy atom. The second-order valence-electron chi connectivity index (χ2n) is 9.20. The number of hydrogen-bond donors (Lipinski definition) is 1. The van der Waals surface area contributed by atoms with Crippen molar-refractivity contribution in [3.8, 4) is 5.75 Å². The molecule has 0 saturated carbocycles. The Kier molecular flexibility index (Phi) is 10.6. The highest BCUT2D eigenvalue weighted by atomic mass is 32.2. The molecule has 1 atom stereocenters. The van der Waals surface area contributed by atoms with Gasteiger partial charge in [-0.2, -0.15) is 13.2 Å². The Hall–Kier alpha value is -3.28. The number of hydrogen-bond acceptors (Lipinski definition) is 5. The largest absolute Gasteiger partial charge is 0.497 e. The van der Waals surface area contributed by atoms with Gasteiger partial charge in [-0.1, -0.05) is 18.2 Å². The molecule has 2 aromatic carbocycles. The van der Waals surface area contributed by atoms with Crippen LogP contribution in [0.2, 0.25) is 0 Å². The summed E-state index contributed by atoms with van der Waals surface area (Å²) < 4.78 is 70.2. The summed E-state index contributed by atoms with van der Waals surface area (Å²) in [5, 5.41) is 2.78. The zero-order chi connectivity index (χ0) is 28.7. The lowest BCUT2D eigenvalue weighted by Gasteiger charge is -2.30. The van der Waals surface area contributed by atoms with Crippen molar-refractivity contribution in [2.24, 2.45) is 0 Å². The van der Waals surface area contributed by atoms with Gasteiger partial charge in [0.25, 0.3) is 0 Å². The number of nitrogens with zero attached hydrogens (tertiary/aromatic N) is 2. The van der Waals surface area contributed by atoms with Gasteiger partial charge in [-0.3, -0.25) is 13.9 Å². The SMILES string of the molecule is COc1ccc(CN(C(=O)CCCN(c2cccc(C(F)(F)F)c2)S(C)(=O)=O)[C@@H](C)C(=O)NC(C)C)cc1. The fourth-order valence-electron chi connectivity index (χ4n) is 3.76. The number of anilines is 1. The Balaban J connectivity index is 2.22. The molecule has 12 heteroatoms. The van der Waals surface area contributed by atoms with Crippen LogP contribution in [0.4, 0.5) is 18.9 Å². The molecule has 0 heterocycles. The lowest BCUT2D eigenvalue weighted by molar-refractivity contribution is -0.140. The molecule has 0 aliphatic heterocycles. The number of carbonyl (C=O) groups is 2. The highest BCUT2D eigenvalue weighted by molar-refractivity contribution is 7.92. The first-order valence-electron chi connectivity index (χ1n) is 12.0. The van der Waals surface area contributed by atoms with Gasteiger partial charge in [-0.25, -0.2) is 8.42 Å². The van der Waals surface area contributed by atoms with Crippen LogP contribution in [0, 0.1) is 0 Å². The molecule has 0 unspecified atom stereocenters. The maximum absolute atomic E-state index is 13.3. The molecule has 0 aromatic heterocycles. The van der Waals surface area contributed by atoms with Gasteiger partial charge in [0.15, 0.2) is 0 Å². The first-order chi connectivity index (χ1) is 17.6. The highest BCUT2D eigenvalue weighted by Crippen LogP contribution is 2.32. The summed E-state index contributed by atoms with van der Waals surface area (Å²) in [6.45, 7) is 5.11. The van der Waals surface area contributed by atoms with E-state index in [1.165, 1.54) is 18.1 Å². The molecule has 8 nitrogen and oxygen atoms in total. The molecule has 0 aliphatic carbocycles. The molecule has 0 bridgehead atoms. The van der Waals surface area contributed by atoms with Crippen LogP contribution in [0.5, 0.6) is 5.75 Å². The number of methoxy groups -OCH3 is 1. The van der Waals surface area contributed by atoms with Crippen LogP contribution in [-0.4, -0.2) is 57.1 Å². The average Bonchev–Trinajstić information content (AvgIpc) is 2.83. The molecule has 2 amide bonds. The molecule has 0 radical (unpaired) electrons. The monoisotopic (exact) mass is 557 g/mol. The quantitative estimate of drug-likeness (QED) is 0.422. The average molecular weight is 558 g/mol. The number of amides is 2. The Morgan fingerprint density at radius 2 is 1.68 bits per heavy atom. The fraction of sp³-hybridized carbons (Fsp3) is 0.462. The van der Waals surface area contributed by atoms with Gasteiger partial charge in [0.05, 0.1) is 24.6 Å². The van der Waals surface area contributed by atoms with Crippen molar-refractivity contribution in [2.45, 2.75) is 58.4 Å². The molecule has 0 spiro atoms. The minimum atomic E-state index is -4.64. The summed E-state index contributed by atoms with van der Waals surface area (Å²) in [5.74, 6) is -0.110. The summed E-state index contributed by atoms with van der Waals surface area (Å²) in [6, 6.07) is 10.1. The number of alkyl halides is 3. The van der Waals surface area contributed by atoms with Gasteiger partial charge in [0, 0.05) is 25.6 Å². The number of sulfonamides is 1. The molecule has 2 aromatic rings. The Bertz CT molecular complexity index is 1200. The van der Waals surface area contributed by atoms with Gasteiger partial charge < -0.3 is 15.0 Å². The maximum Gasteiger partial charge on any atom is 0.416 e. The van der Waals surface area contributed by atoms with E-state index in [2.05, 4.69) is 5.32 Å². The number of ether oxygens (including phenoxy) is 1. The molecule has 210 valence electrons. The van der Waals surface area contributed by atoms with Gasteiger partial charge >= 0.3 is 6.18 Å². The first-order valence-corrected chi connectivity index (χ1v) is 13.9. The van der Waals surface area contributed by atoms with Crippen molar-refractivity contribution in [3.05, 3.63) is 59.7 Å². The lowest BCUT2D eigenvalue weighted by atomic mass is 10.1. The molecule has 0 aliphatic rings. The standard InChI is InChI=1S/C26H34F3N3O5S/c1-18(2)30-25(34)19(3)31(17-20-11-13-23(37-4)14-12-20)24(33)10-7-15-32(38(5,35)36)22-9-6-8-21(16-22)26(27,28)29/h6,8-9,11-14,16,18-19H,7,10,15,17H2,1-5H3,(H,30,34)/t19-/m0/s1. The van der Waals surface area contributed by atoms with Crippen molar-refractivity contribution >= 4 is 27.5 Å². The molecule has 2 rings (SSSR count). The molecule has 38 heavy (non-hydrogen) atoms. The Labute approximate surface area is 221 Å². The second kappa shape index (κ2) is 13.0. The maximum atomic E-state index is 13.3. The molecular formula is C26H34F3N3O5S. The summed E-state index contributed by atoms with van der Waals surface area (Å²) in [4.78, 5) is 27.4. The number of nitrogens with one attached hydrogen (secondary N) is 1. The van der Waals surface area contributed by atoms with Gasteiger partial charge in [0.1, 0.15) is 11.8 Å². The molecular weight excluding hydrogens is 523 g/mol. The molecule has 1 N–H and O–H groups in total. The number of rotatable bonds is 12. The van der Waals surface area contributed by atoms with E-state index >= 15 is 0 Å². The predicted octanol–water partition coefficient (Wildman–Crippen LogP) is 4.20. The second-order valence-corrected chi connectivity index (χ2v) is 11.1. The van der Waals surface area contributed by atoms with Gasteiger partial charge in [0.2, 0.25) is 21.8 Å². The lowest BCUT2D eigenvalue weighted by Crippen LogP contribution is -2.49.